The van der Waals surface area contributed by atoms with E-state index in [1.165, 1.54) is 16.8 Å². The number of benzene rings is 2. The Bertz CT molecular complexity index is 940. The number of nitrogens with zero attached hydrogens (tertiary/aromatic N) is 3. The largest absolute Gasteiger partial charge is 0.368 e. The maximum absolute atomic E-state index is 12.8. The van der Waals surface area contributed by atoms with Gasteiger partial charge in [0.25, 0.3) is 5.91 Å². The van der Waals surface area contributed by atoms with E-state index in [0.717, 1.165) is 24.3 Å². The molecule has 0 spiro atoms. The highest BCUT2D eigenvalue weighted by Crippen LogP contribution is 2.22. The quantitative estimate of drug-likeness (QED) is 0.776. The number of aromatic amines is 1. The molecule has 0 unspecified atom stereocenters. The molecule has 2 heterocycles. The van der Waals surface area contributed by atoms with Crippen LogP contribution in [0.15, 0.2) is 54.6 Å². The molecule has 5 nitrogen and oxygen atoms in total. The van der Waals surface area contributed by atoms with Crippen molar-refractivity contribution in [1.82, 2.24) is 15.1 Å². The van der Waals surface area contributed by atoms with Gasteiger partial charge < -0.3 is 9.80 Å². The highest BCUT2D eigenvalue weighted by molar-refractivity contribution is 5.93. The minimum Gasteiger partial charge on any atom is -0.368 e. The number of rotatable bonds is 3. The van der Waals surface area contributed by atoms with Crippen molar-refractivity contribution in [1.29, 1.82) is 0 Å². The molecule has 2 aromatic carbocycles. The Morgan fingerprint density at radius 1 is 0.926 bits per heavy atom. The number of amides is 1. The fourth-order valence-electron chi connectivity index (χ4n) is 3.46. The maximum atomic E-state index is 12.8. The standard InChI is InChI=1S/C22H24N4O/c1-16-8-9-18(14-17(16)2)20-15-21(24-23-20)22(27)26-12-10-25(11-13-26)19-6-4-3-5-7-19/h3-9,14-15H,10-13H2,1-2H3,(H,23,24). The monoisotopic (exact) mass is 360 g/mol. The first-order chi connectivity index (χ1) is 13.1. The molecule has 1 amide bonds. The molecular formula is C22H24N4O. The van der Waals surface area contributed by atoms with Crippen molar-refractivity contribution in [2.24, 2.45) is 0 Å². The highest BCUT2D eigenvalue weighted by Gasteiger charge is 2.23. The Labute approximate surface area is 159 Å². The van der Waals surface area contributed by atoms with Gasteiger partial charge in [-0.25, -0.2) is 0 Å². The predicted molar refractivity (Wildman–Crippen MR) is 108 cm³/mol. The molecule has 0 bridgehead atoms. The minimum absolute atomic E-state index is 0.0188. The highest BCUT2D eigenvalue weighted by atomic mass is 16.2. The van der Waals surface area contributed by atoms with Crippen molar-refractivity contribution in [3.8, 4) is 11.3 Å². The lowest BCUT2D eigenvalue weighted by Gasteiger charge is -2.35. The predicted octanol–water partition coefficient (Wildman–Crippen LogP) is 3.66. The molecule has 3 aromatic rings. The number of aromatic nitrogens is 2. The number of piperazine rings is 1. The summed E-state index contributed by atoms with van der Waals surface area (Å²) in [6.07, 6.45) is 0. The Kier molecular flexibility index (Phi) is 4.67. The van der Waals surface area contributed by atoms with E-state index in [9.17, 15) is 4.79 Å². The van der Waals surface area contributed by atoms with Gasteiger partial charge >= 0.3 is 0 Å². The van der Waals surface area contributed by atoms with Gasteiger partial charge in [0.2, 0.25) is 0 Å². The Morgan fingerprint density at radius 3 is 2.37 bits per heavy atom. The minimum atomic E-state index is 0.0188. The zero-order valence-corrected chi connectivity index (χ0v) is 15.8. The van der Waals surface area contributed by atoms with E-state index in [1.54, 1.807) is 0 Å². The van der Waals surface area contributed by atoms with Crippen molar-refractivity contribution in [2.75, 3.05) is 31.1 Å². The van der Waals surface area contributed by atoms with Crippen LogP contribution in [-0.2, 0) is 0 Å². The van der Waals surface area contributed by atoms with Crippen LogP contribution in [0.3, 0.4) is 0 Å². The smallest absolute Gasteiger partial charge is 0.272 e. The summed E-state index contributed by atoms with van der Waals surface area (Å²) in [5, 5.41) is 7.28. The van der Waals surface area contributed by atoms with E-state index >= 15 is 0 Å². The summed E-state index contributed by atoms with van der Waals surface area (Å²) < 4.78 is 0. The summed E-state index contributed by atoms with van der Waals surface area (Å²) in [5.41, 5.74) is 6.08. The summed E-state index contributed by atoms with van der Waals surface area (Å²) >= 11 is 0. The Balaban J connectivity index is 1.43. The average Bonchev–Trinajstić information content (AvgIpc) is 3.20. The first-order valence-electron chi connectivity index (χ1n) is 9.34. The first-order valence-corrected chi connectivity index (χ1v) is 9.34. The van der Waals surface area contributed by atoms with Gasteiger partial charge in [-0.2, -0.15) is 5.10 Å². The molecule has 138 valence electrons. The van der Waals surface area contributed by atoms with Crippen LogP contribution >= 0.6 is 0 Å². The number of anilines is 1. The molecule has 0 atom stereocenters. The summed E-state index contributed by atoms with van der Waals surface area (Å²) in [7, 11) is 0. The summed E-state index contributed by atoms with van der Waals surface area (Å²) in [5.74, 6) is 0.0188. The average molecular weight is 360 g/mol. The molecule has 1 aliphatic rings. The fourth-order valence-corrected chi connectivity index (χ4v) is 3.46. The van der Waals surface area contributed by atoms with Gasteiger partial charge in [-0.15, -0.1) is 0 Å². The van der Waals surface area contributed by atoms with Crippen molar-refractivity contribution >= 4 is 11.6 Å². The number of hydrogen-bond acceptors (Lipinski definition) is 3. The van der Waals surface area contributed by atoms with E-state index in [0.29, 0.717) is 18.8 Å². The van der Waals surface area contributed by atoms with Crippen LogP contribution in [0.25, 0.3) is 11.3 Å². The lowest BCUT2D eigenvalue weighted by molar-refractivity contribution is 0.0741. The topological polar surface area (TPSA) is 52.2 Å². The van der Waals surface area contributed by atoms with Gasteiger partial charge in [0, 0.05) is 37.4 Å². The lowest BCUT2D eigenvalue weighted by atomic mass is 10.0. The second-order valence-corrected chi connectivity index (χ2v) is 7.08. The van der Waals surface area contributed by atoms with E-state index in [4.69, 9.17) is 0 Å². The van der Waals surface area contributed by atoms with Gasteiger partial charge in [-0.05, 0) is 49.2 Å². The van der Waals surface area contributed by atoms with Gasteiger partial charge in [0.1, 0.15) is 5.69 Å². The summed E-state index contributed by atoms with van der Waals surface area (Å²) in [4.78, 5) is 17.1. The third-order valence-corrected chi connectivity index (χ3v) is 5.30. The lowest BCUT2D eigenvalue weighted by Crippen LogP contribution is -2.48. The first kappa shape index (κ1) is 17.3. The van der Waals surface area contributed by atoms with Crippen LogP contribution in [0, 0.1) is 13.8 Å². The van der Waals surface area contributed by atoms with Crippen LogP contribution in [0.2, 0.25) is 0 Å². The zero-order chi connectivity index (χ0) is 18.8. The Hall–Kier alpha value is -3.08. The van der Waals surface area contributed by atoms with Gasteiger partial charge in [0.05, 0.1) is 5.69 Å². The van der Waals surface area contributed by atoms with Crippen LogP contribution < -0.4 is 4.90 Å². The van der Waals surface area contributed by atoms with E-state index in [2.05, 4.69) is 53.2 Å². The number of para-hydroxylation sites is 1. The zero-order valence-electron chi connectivity index (χ0n) is 15.8. The summed E-state index contributed by atoms with van der Waals surface area (Å²) in [6, 6.07) is 18.4. The van der Waals surface area contributed by atoms with Gasteiger partial charge in [-0.1, -0.05) is 30.3 Å². The van der Waals surface area contributed by atoms with Crippen LogP contribution in [0.5, 0.6) is 0 Å². The van der Waals surface area contributed by atoms with Crippen LogP contribution in [0.4, 0.5) is 5.69 Å². The molecule has 1 aliphatic heterocycles. The molecular weight excluding hydrogens is 336 g/mol. The molecule has 0 radical (unpaired) electrons. The van der Waals surface area contributed by atoms with E-state index in [1.807, 2.05) is 35.2 Å². The second kappa shape index (κ2) is 7.27. The fraction of sp³-hybridized carbons (Fsp3) is 0.273. The van der Waals surface area contributed by atoms with Crippen molar-refractivity contribution in [3.63, 3.8) is 0 Å². The van der Waals surface area contributed by atoms with Gasteiger partial charge in [0.15, 0.2) is 0 Å². The number of carbonyl (C=O) groups is 1. The van der Waals surface area contributed by atoms with Crippen molar-refractivity contribution in [2.45, 2.75) is 13.8 Å². The molecule has 0 aliphatic carbocycles. The van der Waals surface area contributed by atoms with E-state index < -0.39 is 0 Å². The SMILES string of the molecule is Cc1ccc(-c2cc(C(=O)N3CCN(c4ccccc4)CC3)[nH]n2)cc1C. The molecule has 0 saturated carbocycles. The number of carbonyl (C=O) groups excluding carboxylic acids is 1. The number of aryl methyl sites for hydroxylation is 2. The van der Waals surface area contributed by atoms with Crippen LogP contribution in [-0.4, -0.2) is 47.2 Å². The normalized spacial score (nSPS) is 14.4. The number of H-pyrrole nitrogens is 1. The maximum Gasteiger partial charge on any atom is 0.272 e. The molecule has 27 heavy (non-hydrogen) atoms. The second-order valence-electron chi connectivity index (χ2n) is 7.08. The molecule has 5 heteroatoms. The number of nitrogens with one attached hydrogen (secondary N) is 1. The molecule has 1 saturated heterocycles. The third-order valence-electron chi connectivity index (χ3n) is 5.30. The number of hydrogen-bond donors (Lipinski definition) is 1. The molecule has 1 fully saturated rings. The molecule has 1 N–H and O–H groups in total. The third kappa shape index (κ3) is 3.58. The molecule has 1 aromatic heterocycles. The Morgan fingerprint density at radius 2 is 1.67 bits per heavy atom. The summed E-state index contributed by atoms with van der Waals surface area (Å²) in [6.45, 7) is 7.29. The van der Waals surface area contributed by atoms with E-state index in [-0.39, 0.29) is 5.91 Å². The van der Waals surface area contributed by atoms with Crippen molar-refractivity contribution in [3.05, 3.63) is 71.4 Å². The van der Waals surface area contributed by atoms with Crippen molar-refractivity contribution < 1.29 is 4.79 Å². The van der Waals surface area contributed by atoms with Gasteiger partial charge in [-0.3, -0.25) is 9.89 Å². The van der Waals surface area contributed by atoms with Crippen LogP contribution in [0.1, 0.15) is 21.6 Å². The molecule has 4 rings (SSSR count).